The van der Waals surface area contributed by atoms with Crippen molar-refractivity contribution in [2.75, 3.05) is 0 Å². The molecule has 194 valence electrons. The van der Waals surface area contributed by atoms with Crippen molar-refractivity contribution in [1.29, 1.82) is 0 Å². The zero-order valence-corrected chi connectivity index (χ0v) is 22.2. The van der Waals surface area contributed by atoms with Gasteiger partial charge in [-0.25, -0.2) is 4.98 Å². The number of rotatable bonds is 3. The lowest BCUT2D eigenvalue weighted by atomic mass is 10.0. The fraction of sp³-hybridized carbons (Fsp3) is 0. The zero-order chi connectivity index (χ0) is 27.2. The number of fused-ring (bicyclic) bond motifs is 9. The standard InChI is InChI=1S/C37H26N4/c1-4-10-24(11-5-1)35-29-18-16-27(38-29)28-17-19-30(39-28)36(25-12-6-2-7-13-25)32-21-23-34(41-32)37(26-14-8-3-9-15-26)33-22-20-31(35)40-33/h1-23,38-40H. The van der Waals surface area contributed by atoms with Gasteiger partial charge in [-0.2, -0.15) is 0 Å². The fourth-order valence-corrected chi connectivity index (χ4v) is 5.88. The summed E-state index contributed by atoms with van der Waals surface area (Å²) >= 11 is 0. The molecule has 4 heteroatoms. The van der Waals surface area contributed by atoms with E-state index in [4.69, 9.17) is 4.98 Å². The fourth-order valence-electron chi connectivity index (χ4n) is 5.88. The van der Waals surface area contributed by atoms with E-state index in [1.165, 1.54) is 0 Å². The first-order chi connectivity index (χ1) is 20.3. The van der Waals surface area contributed by atoms with Crippen LogP contribution >= 0.6 is 0 Å². The van der Waals surface area contributed by atoms with E-state index < -0.39 is 0 Å². The summed E-state index contributed by atoms with van der Waals surface area (Å²) in [4.78, 5) is 16.4. The first-order valence-corrected chi connectivity index (χ1v) is 13.8. The molecule has 8 rings (SSSR count). The van der Waals surface area contributed by atoms with Crippen molar-refractivity contribution in [2.45, 2.75) is 0 Å². The number of hydrogen-bond acceptors (Lipinski definition) is 1. The molecular formula is C37H26N4. The van der Waals surface area contributed by atoms with Crippen molar-refractivity contribution >= 4 is 45.3 Å². The van der Waals surface area contributed by atoms with Crippen LogP contribution in [-0.2, 0) is 0 Å². The summed E-state index contributed by atoms with van der Waals surface area (Å²) in [5, 5.41) is 0. The largest absolute Gasteiger partial charge is 0.354 e. The lowest BCUT2D eigenvalue weighted by Crippen LogP contribution is -1.87. The Labute approximate surface area is 237 Å². The average Bonchev–Trinajstić information content (AvgIpc) is 3.84. The van der Waals surface area contributed by atoms with E-state index in [1.807, 2.05) is 6.07 Å². The predicted molar refractivity (Wildman–Crippen MR) is 171 cm³/mol. The SMILES string of the molecule is C1=Cc2nc1c(-c1ccccc1)c1ccc([nH]1)c(-c1ccccc1)c1ccc([nH]1)c1ccc([nH]1)c2-c1ccccc1. The molecule has 0 fully saturated rings. The van der Waals surface area contributed by atoms with E-state index in [0.717, 1.165) is 77.9 Å². The number of aromatic amines is 3. The highest BCUT2D eigenvalue weighted by atomic mass is 14.8. The quantitative estimate of drug-likeness (QED) is 0.211. The summed E-state index contributed by atoms with van der Waals surface area (Å²) in [7, 11) is 0. The van der Waals surface area contributed by atoms with Crippen LogP contribution in [0.2, 0.25) is 0 Å². The lowest BCUT2D eigenvalue weighted by molar-refractivity contribution is 1.32. The third-order valence-electron chi connectivity index (χ3n) is 7.77. The van der Waals surface area contributed by atoms with E-state index in [9.17, 15) is 0 Å². The van der Waals surface area contributed by atoms with Gasteiger partial charge in [0.2, 0.25) is 0 Å². The number of hydrogen-bond donors (Lipinski definition) is 3. The zero-order valence-electron chi connectivity index (χ0n) is 22.2. The minimum atomic E-state index is 0.928. The molecule has 7 aromatic rings. The summed E-state index contributed by atoms with van der Waals surface area (Å²) in [5.41, 5.74) is 14.7. The van der Waals surface area contributed by atoms with Crippen LogP contribution in [0.1, 0.15) is 11.4 Å². The van der Waals surface area contributed by atoms with Crippen molar-refractivity contribution in [1.82, 2.24) is 19.9 Å². The van der Waals surface area contributed by atoms with Gasteiger partial charge in [0.15, 0.2) is 0 Å². The molecule has 41 heavy (non-hydrogen) atoms. The molecule has 0 aliphatic carbocycles. The van der Waals surface area contributed by atoms with E-state index >= 15 is 0 Å². The van der Waals surface area contributed by atoms with Gasteiger partial charge in [0.25, 0.3) is 0 Å². The molecule has 3 aromatic carbocycles. The number of aromatic nitrogens is 4. The van der Waals surface area contributed by atoms with E-state index in [2.05, 4.69) is 148 Å². The van der Waals surface area contributed by atoms with Gasteiger partial charge in [0, 0.05) is 38.8 Å². The molecule has 0 saturated carbocycles. The molecule has 3 N–H and O–H groups in total. The second kappa shape index (κ2) is 9.54. The summed E-state index contributed by atoms with van der Waals surface area (Å²) in [6, 6.07) is 44.5. The van der Waals surface area contributed by atoms with E-state index in [1.54, 1.807) is 0 Å². The second-order valence-electron chi connectivity index (χ2n) is 10.3. The Kier molecular flexibility index (Phi) is 5.42. The molecule has 0 radical (unpaired) electrons. The second-order valence-corrected chi connectivity index (χ2v) is 10.3. The Bertz CT molecular complexity index is 2180. The number of benzene rings is 3. The van der Waals surface area contributed by atoms with Gasteiger partial charge in [-0.1, -0.05) is 91.0 Å². The summed E-state index contributed by atoms with van der Waals surface area (Å²) in [6.45, 7) is 0. The smallest absolute Gasteiger partial charge is 0.0737 e. The Morgan fingerprint density at radius 1 is 0.317 bits per heavy atom. The highest BCUT2D eigenvalue weighted by Crippen LogP contribution is 2.36. The molecule has 1 aliphatic heterocycles. The molecule has 0 atom stereocenters. The van der Waals surface area contributed by atoms with Crippen LogP contribution in [0.5, 0.6) is 0 Å². The monoisotopic (exact) mass is 526 g/mol. The van der Waals surface area contributed by atoms with Crippen LogP contribution in [0, 0.1) is 0 Å². The molecule has 8 bridgehead atoms. The van der Waals surface area contributed by atoms with Crippen molar-refractivity contribution in [3.8, 4) is 33.4 Å². The first kappa shape index (κ1) is 23.3. The van der Waals surface area contributed by atoms with Crippen LogP contribution in [-0.4, -0.2) is 19.9 Å². The number of nitrogens with one attached hydrogen (secondary N) is 3. The van der Waals surface area contributed by atoms with Crippen molar-refractivity contribution in [3.05, 3.63) is 139 Å². The van der Waals surface area contributed by atoms with Gasteiger partial charge < -0.3 is 15.0 Å². The molecule has 0 spiro atoms. The molecule has 0 amide bonds. The molecule has 1 aliphatic rings. The van der Waals surface area contributed by atoms with Gasteiger partial charge in [-0.15, -0.1) is 0 Å². The molecular weight excluding hydrogens is 500 g/mol. The van der Waals surface area contributed by atoms with Gasteiger partial charge in [-0.3, -0.25) is 0 Å². The molecule has 0 unspecified atom stereocenters. The van der Waals surface area contributed by atoms with Crippen LogP contribution in [0.3, 0.4) is 0 Å². The van der Waals surface area contributed by atoms with Gasteiger partial charge in [0.1, 0.15) is 0 Å². The topological polar surface area (TPSA) is 60.3 Å². The van der Waals surface area contributed by atoms with Crippen molar-refractivity contribution in [2.24, 2.45) is 0 Å². The summed E-state index contributed by atoms with van der Waals surface area (Å²) in [5.74, 6) is 0. The van der Waals surface area contributed by atoms with Crippen molar-refractivity contribution < 1.29 is 0 Å². The maximum Gasteiger partial charge on any atom is 0.0737 e. The molecule has 5 heterocycles. The van der Waals surface area contributed by atoms with Crippen LogP contribution < -0.4 is 0 Å². The number of H-pyrrole nitrogens is 3. The summed E-state index contributed by atoms with van der Waals surface area (Å²) < 4.78 is 0. The third kappa shape index (κ3) is 4.05. The number of nitrogens with zero attached hydrogens (tertiary/aromatic N) is 1. The van der Waals surface area contributed by atoms with Crippen molar-refractivity contribution in [3.63, 3.8) is 0 Å². The lowest BCUT2D eigenvalue weighted by Gasteiger charge is -2.05. The first-order valence-electron chi connectivity index (χ1n) is 13.8. The molecule has 0 saturated heterocycles. The Morgan fingerprint density at radius 2 is 0.634 bits per heavy atom. The van der Waals surface area contributed by atoms with Crippen LogP contribution in [0.25, 0.3) is 78.6 Å². The van der Waals surface area contributed by atoms with Gasteiger partial charge in [-0.05, 0) is 65.2 Å². The normalized spacial score (nSPS) is 11.8. The Balaban J connectivity index is 1.58. The Morgan fingerprint density at radius 3 is 1.05 bits per heavy atom. The average molecular weight is 527 g/mol. The van der Waals surface area contributed by atoms with Gasteiger partial charge in [0.05, 0.1) is 22.4 Å². The van der Waals surface area contributed by atoms with Crippen LogP contribution in [0.4, 0.5) is 0 Å². The molecule has 4 nitrogen and oxygen atoms in total. The Hall–Kier alpha value is -5.61. The van der Waals surface area contributed by atoms with Gasteiger partial charge >= 0.3 is 0 Å². The minimum Gasteiger partial charge on any atom is -0.354 e. The predicted octanol–water partition coefficient (Wildman–Crippen LogP) is 9.70. The maximum atomic E-state index is 5.26. The van der Waals surface area contributed by atoms with E-state index in [-0.39, 0.29) is 0 Å². The highest BCUT2D eigenvalue weighted by Gasteiger charge is 2.16. The highest BCUT2D eigenvalue weighted by molar-refractivity contribution is 5.99. The molecule has 4 aromatic heterocycles. The third-order valence-corrected chi connectivity index (χ3v) is 7.77. The van der Waals surface area contributed by atoms with E-state index in [0.29, 0.717) is 0 Å². The minimum absolute atomic E-state index is 0.928. The maximum absolute atomic E-state index is 5.26. The van der Waals surface area contributed by atoms with Crippen LogP contribution in [0.15, 0.2) is 127 Å². The summed E-state index contributed by atoms with van der Waals surface area (Å²) in [6.07, 6.45) is 4.26.